The number of nitrogens with one attached hydrogen (secondary N) is 2. The second-order valence-corrected chi connectivity index (χ2v) is 6.01. The number of fused-ring (bicyclic) bond motifs is 1. The molecule has 0 bridgehead atoms. The van der Waals surface area contributed by atoms with Gasteiger partial charge < -0.3 is 10.2 Å². The van der Waals surface area contributed by atoms with Gasteiger partial charge in [-0.25, -0.2) is 4.39 Å². The predicted molar refractivity (Wildman–Crippen MR) is 85.6 cm³/mol. The van der Waals surface area contributed by atoms with Crippen molar-refractivity contribution in [2.75, 3.05) is 6.54 Å². The highest BCUT2D eigenvalue weighted by Gasteiger charge is 2.26. The number of H-pyrrole nitrogens is 1. The first-order chi connectivity index (χ1) is 11.5. The van der Waals surface area contributed by atoms with E-state index in [0.29, 0.717) is 30.8 Å². The van der Waals surface area contributed by atoms with Crippen molar-refractivity contribution >= 4 is 11.8 Å². The van der Waals surface area contributed by atoms with E-state index in [9.17, 15) is 14.0 Å². The summed E-state index contributed by atoms with van der Waals surface area (Å²) in [7, 11) is 0. The highest BCUT2D eigenvalue weighted by molar-refractivity contribution is 5.95. The summed E-state index contributed by atoms with van der Waals surface area (Å²) < 4.78 is 13.6. The van der Waals surface area contributed by atoms with Crippen LogP contribution in [0.15, 0.2) is 24.4 Å². The van der Waals surface area contributed by atoms with Crippen LogP contribution < -0.4 is 5.32 Å². The van der Waals surface area contributed by atoms with Gasteiger partial charge in [0, 0.05) is 25.7 Å². The van der Waals surface area contributed by atoms with Gasteiger partial charge in [-0.1, -0.05) is 6.07 Å². The molecule has 7 heteroatoms. The van der Waals surface area contributed by atoms with Crippen LogP contribution in [0.5, 0.6) is 0 Å². The van der Waals surface area contributed by atoms with Gasteiger partial charge >= 0.3 is 0 Å². The molecule has 0 spiro atoms. The summed E-state index contributed by atoms with van der Waals surface area (Å²) in [5, 5.41) is 9.57. The Labute approximate surface area is 139 Å². The van der Waals surface area contributed by atoms with E-state index in [4.69, 9.17) is 0 Å². The lowest BCUT2D eigenvalue weighted by atomic mass is 9.98. The molecule has 1 aliphatic rings. The molecule has 2 N–H and O–H groups in total. The van der Waals surface area contributed by atoms with Crippen molar-refractivity contribution in [2.45, 2.75) is 32.9 Å². The molecule has 0 aliphatic carbocycles. The lowest BCUT2D eigenvalue weighted by Gasteiger charge is -2.19. The molecule has 2 heterocycles. The van der Waals surface area contributed by atoms with E-state index in [1.807, 2.05) is 0 Å². The van der Waals surface area contributed by atoms with Crippen molar-refractivity contribution in [1.29, 1.82) is 0 Å². The van der Waals surface area contributed by atoms with Crippen LogP contribution in [0.2, 0.25) is 0 Å². The fraction of sp³-hybridized carbons (Fsp3) is 0.353. The molecule has 0 saturated heterocycles. The Bertz CT molecular complexity index is 787. The number of rotatable bonds is 2. The average molecular weight is 330 g/mol. The Hall–Kier alpha value is -2.70. The van der Waals surface area contributed by atoms with E-state index in [1.165, 1.54) is 25.3 Å². The third kappa shape index (κ3) is 3.15. The van der Waals surface area contributed by atoms with Gasteiger partial charge in [0.25, 0.3) is 5.91 Å². The second-order valence-electron chi connectivity index (χ2n) is 6.01. The maximum absolute atomic E-state index is 13.6. The molecule has 1 unspecified atom stereocenters. The van der Waals surface area contributed by atoms with Gasteiger partial charge in [-0.3, -0.25) is 14.7 Å². The molecule has 0 fully saturated rings. The zero-order chi connectivity index (χ0) is 17.3. The number of aromatic nitrogens is 2. The van der Waals surface area contributed by atoms with Gasteiger partial charge in [-0.15, -0.1) is 0 Å². The maximum Gasteiger partial charge on any atom is 0.255 e. The van der Waals surface area contributed by atoms with E-state index >= 15 is 0 Å². The third-order valence-corrected chi connectivity index (χ3v) is 4.35. The molecule has 1 aliphatic heterocycles. The Morgan fingerprint density at radius 1 is 1.42 bits per heavy atom. The largest absolute Gasteiger partial charge is 0.345 e. The van der Waals surface area contributed by atoms with Gasteiger partial charge in [0.2, 0.25) is 5.91 Å². The number of hydrogen-bond acceptors (Lipinski definition) is 3. The summed E-state index contributed by atoms with van der Waals surface area (Å²) in [6.07, 6.45) is 2.05. The fourth-order valence-corrected chi connectivity index (χ4v) is 3.01. The molecule has 2 aromatic rings. The second kappa shape index (κ2) is 6.43. The number of carbonyl (C=O) groups excluding carboxylic acids is 2. The van der Waals surface area contributed by atoms with Gasteiger partial charge in [0.05, 0.1) is 17.8 Å². The topological polar surface area (TPSA) is 78.1 Å². The lowest BCUT2D eigenvalue weighted by Crippen LogP contribution is -2.31. The maximum atomic E-state index is 13.6. The van der Waals surface area contributed by atoms with Crippen molar-refractivity contribution in [3.63, 3.8) is 0 Å². The van der Waals surface area contributed by atoms with E-state index in [2.05, 4.69) is 15.5 Å². The summed E-state index contributed by atoms with van der Waals surface area (Å²) in [4.78, 5) is 25.9. The first-order valence-electron chi connectivity index (χ1n) is 7.80. The first-order valence-corrected chi connectivity index (χ1v) is 7.80. The Morgan fingerprint density at radius 2 is 2.21 bits per heavy atom. The number of benzene rings is 1. The molecule has 1 aromatic heterocycles. The van der Waals surface area contributed by atoms with Gasteiger partial charge in [-0.05, 0) is 36.6 Å². The highest BCUT2D eigenvalue weighted by atomic mass is 19.1. The van der Waals surface area contributed by atoms with Crippen LogP contribution >= 0.6 is 0 Å². The number of aryl methyl sites for hydroxylation is 1. The van der Waals surface area contributed by atoms with Crippen LogP contribution in [0.25, 0.3) is 0 Å². The molecule has 0 radical (unpaired) electrons. The summed E-state index contributed by atoms with van der Waals surface area (Å²) in [6.45, 7) is 4.11. The predicted octanol–water partition coefficient (Wildman–Crippen LogP) is 2.08. The average Bonchev–Trinajstić information content (AvgIpc) is 2.87. The Morgan fingerprint density at radius 3 is 2.88 bits per heavy atom. The highest BCUT2D eigenvalue weighted by Crippen LogP contribution is 2.28. The fourth-order valence-electron chi connectivity index (χ4n) is 3.01. The van der Waals surface area contributed by atoms with Gasteiger partial charge in [0.15, 0.2) is 0 Å². The third-order valence-electron chi connectivity index (χ3n) is 4.35. The van der Waals surface area contributed by atoms with Gasteiger partial charge in [0.1, 0.15) is 5.82 Å². The molecule has 126 valence electrons. The summed E-state index contributed by atoms with van der Waals surface area (Å²) >= 11 is 0. The van der Waals surface area contributed by atoms with Crippen LogP contribution in [0.4, 0.5) is 4.39 Å². The number of aromatic amines is 1. The van der Waals surface area contributed by atoms with Crippen LogP contribution in [-0.2, 0) is 11.3 Å². The molecule has 0 saturated carbocycles. The quantitative estimate of drug-likeness (QED) is 0.885. The molecule has 6 nitrogen and oxygen atoms in total. The van der Waals surface area contributed by atoms with E-state index in [1.54, 1.807) is 17.9 Å². The van der Waals surface area contributed by atoms with Crippen molar-refractivity contribution in [1.82, 2.24) is 20.4 Å². The monoisotopic (exact) mass is 330 g/mol. The van der Waals surface area contributed by atoms with E-state index in [0.717, 1.165) is 11.1 Å². The van der Waals surface area contributed by atoms with Crippen LogP contribution in [-0.4, -0.2) is 33.5 Å². The summed E-state index contributed by atoms with van der Waals surface area (Å²) in [5.41, 5.74) is 2.73. The molecule has 3 rings (SSSR count). The van der Waals surface area contributed by atoms with Crippen LogP contribution in [0, 0.1) is 12.7 Å². The van der Waals surface area contributed by atoms with Crippen LogP contribution in [0.3, 0.4) is 0 Å². The van der Waals surface area contributed by atoms with Crippen molar-refractivity contribution < 1.29 is 14.0 Å². The molecule has 1 atom stereocenters. The zero-order valence-electron chi connectivity index (χ0n) is 13.6. The Balaban J connectivity index is 1.90. The van der Waals surface area contributed by atoms with E-state index < -0.39 is 0 Å². The number of hydrogen-bond donors (Lipinski definition) is 2. The number of nitrogens with zero attached hydrogens (tertiary/aromatic N) is 2. The van der Waals surface area contributed by atoms with Crippen molar-refractivity contribution in [3.8, 4) is 0 Å². The van der Waals surface area contributed by atoms with Gasteiger partial charge in [-0.2, -0.15) is 5.10 Å². The smallest absolute Gasteiger partial charge is 0.255 e. The van der Waals surface area contributed by atoms with Crippen molar-refractivity contribution in [3.05, 3.63) is 52.6 Å². The number of carbonyl (C=O) groups is 2. The summed E-state index contributed by atoms with van der Waals surface area (Å²) in [6, 6.07) is 4.21. The Kier molecular flexibility index (Phi) is 4.33. The molecular formula is C17H19FN4O2. The zero-order valence-corrected chi connectivity index (χ0v) is 13.6. The van der Waals surface area contributed by atoms with E-state index in [-0.39, 0.29) is 23.7 Å². The van der Waals surface area contributed by atoms with Crippen molar-refractivity contribution in [2.24, 2.45) is 0 Å². The lowest BCUT2D eigenvalue weighted by molar-refractivity contribution is -0.129. The minimum Gasteiger partial charge on any atom is -0.345 e. The summed E-state index contributed by atoms with van der Waals surface area (Å²) in [5.74, 6) is -0.657. The SMILES string of the molecule is CC(=O)N1CCC(NC(=O)c2cn[nH]c2C)c2ccc(F)cc2C1. The van der Waals surface area contributed by atoms with Crippen LogP contribution in [0.1, 0.15) is 46.6 Å². The normalized spacial score (nSPS) is 17.1. The standard InChI is InChI=1S/C17H19FN4O2/c1-10-15(8-19-21-10)17(24)20-16-5-6-22(11(2)23)9-12-7-13(18)3-4-14(12)16/h3-4,7-8,16H,5-6,9H2,1-2H3,(H,19,21)(H,20,24). The number of amides is 2. The minimum absolute atomic E-state index is 0.0668. The number of halogens is 1. The molecular weight excluding hydrogens is 311 g/mol. The molecule has 24 heavy (non-hydrogen) atoms. The molecule has 2 amide bonds. The minimum atomic E-state index is -0.352. The first kappa shape index (κ1) is 16.2. The molecule has 1 aromatic carbocycles.